The molecule has 2 aliphatic rings. The van der Waals surface area contributed by atoms with Crippen LogP contribution in [0.15, 0.2) is 36.5 Å². The zero-order chi connectivity index (χ0) is 28.8. The van der Waals surface area contributed by atoms with Gasteiger partial charge in [0.05, 0.1) is 22.8 Å². The fraction of sp³-hybridized carbons (Fsp3) is 0.576. The van der Waals surface area contributed by atoms with E-state index >= 15 is 0 Å². The summed E-state index contributed by atoms with van der Waals surface area (Å²) in [5.74, 6) is 1.89. The highest BCUT2D eigenvalue weighted by atomic mass is 16.1. The number of H-pyrrole nitrogens is 1. The number of ketones is 1. The van der Waals surface area contributed by atoms with Crippen LogP contribution in [0.3, 0.4) is 0 Å². The van der Waals surface area contributed by atoms with Crippen molar-refractivity contribution in [3.8, 4) is 11.3 Å². The first-order valence-electron chi connectivity index (χ1n) is 15.1. The van der Waals surface area contributed by atoms with Crippen LogP contribution in [0.2, 0.25) is 0 Å². The Morgan fingerprint density at radius 3 is 2.45 bits per heavy atom. The van der Waals surface area contributed by atoms with Crippen molar-refractivity contribution in [2.75, 3.05) is 13.1 Å². The predicted molar refractivity (Wildman–Crippen MR) is 162 cm³/mol. The number of aryl methyl sites for hydroxylation is 2. The van der Waals surface area contributed by atoms with Crippen LogP contribution in [0, 0.1) is 23.7 Å². The molecule has 1 spiro atoms. The number of pyridine rings is 1. The third-order valence-corrected chi connectivity index (χ3v) is 8.53. The van der Waals surface area contributed by atoms with Gasteiger partial charge < -0.3 is 16.0 Å². The molecule has 0 radical (unpaired) electrons. The third-order valence-electron chi connectivity index (χ3n) is 8.53. The summed E-state index contributed by atoms with van der Waals surface area (Å²) in [7, 11) is 0. The number of amides is 1. The highest BCUT2D eigenvalue weighted by Crippen LogP contribution is 2.59. The van der Waals surface area contributed by atoms with Crippen LogP contribution in [0.4, 0.5) is 0 Å². The average Bonchev–Trinajstić information content (AvgIpc) is 3.35. The van der Waals surface area contributed by atoms with E-state index in [0.717, 1.165) is 105 Å². The lowest BCUT2D eigenvalue weighted by molar-refractivity contribution is -0.151. The molecule has 0 bridgehead atoms. The minimum absolute atomic E-state index is 0.0799. The summed E-state index contributed by atoms with van der Waals surface area (Å²) >= 11 is 0. The largest absolute Gasteiger partial charge is 0.369 e. The molecule has 1 amide bonds. The molecule has 1 saturated carbocycles. The van der Waals surface area contributed by atoms with Gasteiger partial charge in [-0.3, -0.25) is 14.6 Å². The molecule has 40 heavy (non-hydrogen) atoms. The van der Waals surface area contributed by atoms with Crippen LogP contribution in [0.25, 0.3) is 22.2 Å². The number of aromatic nitrogens is 3. The van der Waals surface area contributed by atoms with Crippen molar-refractivity contribution >= 4 is 22.6 Å². The van der Waals surface area contributed by atoms with E-state index in [4.69, 9.17) is 5.73 Å². The standard InChI is InChI=1S/C22H27N3O.C11H20N2O/c1-3-19(26)8-6-4-5-7-9-22-23-15-21(25-22)18-12-13-20-17(14-18)11-10-16(2)24-20;1-8(2)3-11(9(12)14)4-10(5-11)6-13-7-10/h10-15H,3-9H2,1-2H3,(H,23,25);8,13H,3-7H2,1-2H3,(H2,12,14). The van der Waals surface area contributed by atoms with Crippen molar-refractivity contribution in [1.82, 2.24) is 20.3 Å². The number of nitrogens with one attached hydrogen (secondary N) is 2. The van der Waals surface area contributed by atoms with Gasteiger partial charge in [0.15, 0.2) is 0 Å². The fourth-order valence-corrected chi connectivity index (χ4v) is 6.49. The number of nitrogens with two attached hydrogens (primary N) is 1. The number of primary amides is 1. The summed E-state index contributed by atoms with van der Waals surface area (Å²) in [6.45, 7) is 10.4. The highest BCUT2D eigenvalue weighted by molar-refractivity contribution is 5.84. The number of hydrogen-bond acceptors (Lipinski definition) is 5. The molecule has 7 nitrogen and oxygen atoms in total. The fourth-order valence-electron chi connectivity index (χ4n) is 6.49. The normalized spacial score (nSPS) is 16.7. The van der Waals surface area contributed by atoms with Gasteiger partial charge in [-0.1, -0.05) is 45.7 Å². The molecular weight excluding hydrogens is 498 g/mol. The zero-order valence-corrected chi connectivity index (χ0v) is 24.8. The van der Waals surface area contributed by atoms with E-state index in [2.05, 4.69) is 58.4 Å². The van der Waals surface area contributed by atoms with Crippen LogP contribution in [-0.4, -0.2) is 39.7 Å². The van der Waals surface area contributed by atoms with Crippen LogP contribution in [-0.2, 0) is 16.0 Å². The minimum atomic E-state index is -0.170. The number of hydrogen-bond donors (Lipinski definition) is 3. The van der Waals surface area contributed by atoms with Gasteiger partial charge in [-0.15, -0.1) is 0 Å². The molecular formula is C33H47N5O2. The zero-order valence-electron chi connectivity index (χ0n) is 24.8. The number of fused-ring (bicyclic) bond motifs is 1. The lowest BCUT2D eigenvalue weighted by Gasteiger charge is -2.60. The lowest BCUT2D eigenvalue weighted by atomic mass is 9.48. The molecule has 1 aliphatic carbocycles. The molecule has 3 heterocycles. The first-order valence-corrected chi connectivity index (χ1v) is 15.1. The Morgan fingerprint density at radius 2 is 1.80 bits per heavy atom. The Morgan fingerprint density at radius 1 is 1.05 bits per heavy atom. The molecule has 7 heteroatoms. The molecule has 1 saturated heterocycles. The molecule has 5 rings (SSSR count). The summed E-state index contributed by atoms with van der Waals surface area (Å²) in [6, 6.07) is 10.5. The molecule has 216 valence electrons. The highest BCUT2D eigenvalue weighted by Gasteiger charge is 2.59. The van der Waals surface area contributed by atoms with Gasteiger partial charge in [0.2, 0.25) is 5.91 Å². The van der Waals surface area contributed by atoms with Crippen molar-refractivity contribution in [2.24, 2.45) is 22.5 Å². The molecule has 1 aromatic carbocycles. The number of carbonyl (C=O) groups excluding carboxylic acids is 2. The predicted octanol–water partition coefficient (Wildman–Crippen LogP) is 6.29. The number of unbranched alkanes of at least 4 members (excludes halogenated alkanes) is 3. The SMILES string of the molecule is CC(C)CC1(C(N)=O)CC2(CNC2)C1.CCC(=O)CCCCCCc1ncc(-c2ccc3nc(C)ccc3c2)[nH]1. The van der Waals surface area contributed by atoms with E-state index < -0.39 is 0 Å². The molecule has 3 aromatic rings. The summed E-state index contributed by atoms with van der Waals surface area (Å²) in [5.41, 5.74) is 10.0. The second-order valence-electron chi connectivity index (χ2n) is 12.6. The number of aromatic amines is 1. The third kappa shape index (κ3) is 7.36. The summed E-state index contributed by atoms with van der Waals surface area (Å²) in [5, 5.41) is 4.43. The van der Waals surface area contributed by atoms with Crippen molar-refractivity contribution in [1.29, 1.82) is 0 Å². The Bertz CT molecular complexity index is 1300. The first kappa shape index (κ1) is 29.9. The molecule has 1 aliphatic heterocycles. The van der Waals surface area contributed by atoms with Gasteiger partial charge >= 0.3 is 0 Å². The van der Waals surface area contributed by atoms with Gasteiger partial charge in [0.1, 0.15) is 11.6 Å². The van der Waals surface area contributed by atoms with E-state index in [-0.39, 0.29) is 11.3 Å². The maximum absolute atomic E-state index is 11.5. The van der Waals surface area contributed by atoms with E-state index in [1.165, 1.54) is 0 Å². The number of Topliss-reactive ketones (excluding diaryl/α,β-unsaturated/α-hetero) is 1. The Balaban J connectivity index is 0.000000222. The van der Waals surface area contributed by atoms with E-state index in [0.29, 0.717) is 23.5 Å². The lowest BCUT2D eigenvalue weighted by Crippen LogP contribution is -2.67. The molecule has 2 aromatic heterocycles. The average molecular weight is 546 g/mol. The van der Waals surface area contributed by atoms with Crippen molar-refractivity contribution < 1.29 is 9.59 Å². The van der Waals surface area contributed by atoms with Crippen LogP contribution >= 0.6 is 0 Å². The quantitative estimate of drug-likeness (QED) is 0.231. The van der Waals surface area contributed by atoms with Crippen LogP contribution < -0.4 is 11.1 Å². The second-order valence-corrected chi connectivity index (χ2v) is 12.6. The van der Waals surface area contributed by atoms with E-state index in [9.17, 15) is 9.59 Å². The van der Waals surface area contributed by atoms with E-state index in [1.807, 2.05) is 26.1 Å². The topological polar surface area (TPSA) is 114 Å². The number of nitrogens with zero attached hydrogens (tertiary/aromatic N) is 2. The van der Waals surface area contributed by atoms with Gasteiger partial charge in [0.25, 0.3) is 0 Å². The number of imidazole rings is 1. The van der Waals surface area contributed by atoms with Gasteiger partial charge in [0, 0.05) is 49.0 Å². The van der Waals surface area contributed by atoms with Gasteiger partial charge in [-0.2, -0.15) is 0 Å². The molecule has 4 N–H and O–H groups in total. The van der Waals surface area contributed by atoms with Gasteiger partial charge in [-0.05, 0) is 68.6 Å². The number of carbonyl (C=O) groups is 2. The number of rotatable bonds is 12. The van der Waals surface area contributed by atoms with E-state index in [1.54, 1.807) is 0 Å². The van der Waals surface area contributed by atoms with Crippen molar-refractivity contribution in [3.05, 3.63) is 48.0 Å². The first-order chi connectivity index (χ1) is 19.1. The van der Waals surface area contributed by atoms with Gasteiger partial charge in [-0.25, -0.2) is 4.98 Å². The van der Waals surface area contributed by atoms with Crippen molar-refractivity contribution in [2.45, 2.75) is 91.9 Å². The summed E-state index contributed by atoms with van der Waals surface area (Å²) in [4.78, 5) is 35.3. The van der Waals surface area contributed by atoms with Crippen LogP contribution in [0.5, 0.6) is 0 Å². The maximum atomic E-state index is 11.5. The van der Waals surface area contributed by atoms with Crippen LogP contribution in [0.1, 0.15) is 90.1 Å². The Hall–Kier alpha value is -3.06. The molecule has 0 atom stereocenters. The number of benzene rings is 1. The summed E-state index contributed by atoms with van der Waals surface area (Å²) in [6.07, 6.45) is 11.6. The van der Waals surface area contributed by atoms with Crippen molar-refractivity contribution in [3.63, 3.8) is 0 Å². The Kier molecular flexibility index (Phi) is 9.77. The monoisotopic (exact) mass is 545 g/mol. The molecule has 2 fully saturated rings. The maximum Gasteiger partial charge on any atom is 0.223 e. The second kappa shape index (κ2) is 13.1. The minimum Gasteiger partial charge on any atom is -0.369 e. The Labute approximate surface area is 239 Å². The summed E-state index contributed by atoms with van der Waals surface area (Å²) < 4.78 is 0. The molecule has 0 unspecified atom stereocenters. The smallest absolute Gasteiger partial charge is 0.223 e.